The van der Waals surface area contributed by atoms with Gasteiger partial charge in [0.25, 0.3) is 0 Å². The predicted octanol–water partition coefficient (Wildman–Crippen LogP) is 11.1. The number of phenolic OH excluding ortho intramolecular Hbond substituents is 3. The summed E-state index contributed by atoms with van der Waals surface area (Å²) in [5.74, 6) is 2.43. The normalized spacial score (nSPS) is 14.9. The minimum atomic E-state index is 0.357. The van der Waals surface area contributed by atoms with E-state index in [2.05, 4.69) is 116 Å². The molecule has 6 nitrogen and oxygen atoms in total. The van der Waals surface area contributed by atoms with Crippen molar-refractivity contribution in [2.24, 2.45) is 0 Å². The first-order chi connectivity index (χ1) is 24.2. The van der Waals surface area contributed by atoms with Crippen LogP contribution in [-0.4, -0.2) is 50.0 Å². The number of nitrogens with zero attached hydrogens (tertiary/aromatic N) is 3. The molecule has 1 aliphatic rings. The zero-order valence-corrected chi connectivity index (χ0v) is 34.1. The molecule has 3 aromatic carbocycles. The van der Waals surface area contributed by atoms with E-state index in [4.69, 9.17) is 0 Å². The third kappa shape index (κ3) is 8.61. The van der Waals surface area contributed by atoms with E-state index in [9.17, 15) is 15.3 Å². The average molecular weight is 700 g/mol. The number of rotatable bonds is 15. The summed E-state index contributed by atoms with van der Waals surface area (Å²) in [6.07, 6.45) is 6.07. The molecule has 1 saturated heterocycles. The molecule has 0 aliphatic carbocycles. The lowest BCUT2D eigenvalue weighted by molar-refractivity contribution is -0.0427. The van der Waals surface area contributed by atoms with Gasteiger partial charge in [-0.15, -0.1) is 0 Å². The first-order valence-electron chi connectivity index (χ1n) is 19.9. The molecule has 0 unspecified atom stereocenters. The summed E-state index contributed by atoms with van der Waals surface area (Å²) in [5.41, 5.74) is 13.5. The number of benzene rings is 3. The minimum absolute atomic E-state index is 0.357. The monoisotopic (exact) mass is 700 g/mol. The van der Waals surface area contributed by atoms with Crippen molar-refractivity contribution in [1.82, 2.24) is 14.7 Å². The van der Waals surface area contributed by atoms with E-state index in [0.717, 1.165) is 112 Å². The maximum absolute atomic E-state index is 11.4. The molecule has 1 aliphatic heterocycles. The van der Waals surface area contributed by atoms with Crippen LogP contribution >= 0.6 is 0 Å². The zero-order chi connectivity index (χ0) is 37.7. The molecule has 1 heterocycles. The third-order valence-electron chi connectivity index (χ3n) is 12.4. The molecule has 0 atom stereocenters. The van der Waals surface area contributed by atoms with Crippen LogP contribution in [-0.2, 0) is 19.6 Å². The summed E-state index contributed by atoms with van der Waals surface area (Å²) < 4.78 is 0. The van der Waals surface area contributed by atoms with Gasteiger partial charge in [0, 0.05) is 19.6 Å². The molecule has 3 N–H and O–H groups in total. The molecular formula is C45H69N3O3. The first kappa shape index (κ1) is 40.7. The summed E-state index contributed by atoms with van der Waals surface area (Å²) in [6, 6.07) is 6.67. The highest BCUT2D eigenvalue weighted by Gasteiger charge is 2.29. The van der Waals surface area contributed by atoms with Gasteiger partial charge in [-0.25, -0.2) is 0 Å². The Morgan fingerprint density at radius 1 is 0.431 bits per heavy atom. The van der Waals surface area contributed by atoms with Crippen LogP contribution in [0.15, 0.2) is 18.2 Å². The predicted molar refractivity (Wildman–Crippen MR) is 214 cm³/mol. The van der Waals surface area contributed by atoms with Crippen molar-refractivity contribution in [2.45, 2.75) is 159 Å². The van der Waals surface area contributed by atoms with E-state index in [1.165, 1.54) is 33.4 Å². The van der Waals surface area contributed by atoms with Crippen molar-refractivity contribution in [2.75, 3.05) is 20.0 Å². The Morgan fingerprint density at radius 3 is 0.843 bits per heavy atom. The van der Waals surface area contributed by atoms with E-state index in [1.54, 1.807) is 0 Å². The molecule has 3 aromatic rings. The second kappa shape index (κ2) is 17.6. The van der Waals surface area contributed by atoms with E-state index < -0.39 is 0 Å². The molecule has 1 fully saturated rings. The van der Waals surface area contributed by atoms with Crippen molar-refractivity contribution in [3.63, 3.8) is 0 Å². The fourth-order valence-corrected chi connectivity index (χ4v) is 8.93. The van der Waals surface area contributed by atoms with Gasteiger partial charge in [-0.1, -0.05) is 59.7 Å². The Hall–Kier alpha value is -3.06. The Morgan fingerprint density at radius 2 is 0.647 bits per heavy atom. The zero-order valence-electron chi connectivity index (χ0n) is 34.1. The number of aromatic hydroxyl groups is 3. The highest BCUT2D eigenvalue weighted by molar-refractivity contribution is 5.52. The van der Waals surface area contributed by atoms with Gasteiger partial charge in [-0.05, 0) is 165 Å². The van der Waals surface area contributed by atoms with Crippen molar-refractivity contribution < 1.29 is 15.3 Å². The van der Waals surface area contributed by atoms with Gasteiger partial charge < -0.3 is 15.3 Å². The van der Waals surface area contributed by atoms with Crippen LogP contribution in [0.2, 0.25) is 0 Å². The Balaban J connectivity index is 1.73. The average Bonchev–Trinajstić information content (AvgIpc) is 3.11. The Kier molecular flexibility index (Phi) is 14.1. The first-order valence-corrected chi connectivity index (χ1v) is 19.9. The van der Waals surface area contributed by atoms with Crippen LogP contribution in [0.5, 0.6) is 17.2 Å². The van der Waals surface area contributed by atoms with Gasteiger partial charge in [-0.2, -0.15) is 0 Å². The van der Waals surface area contributed by atoms with Crippen LogP contribution in [0.3, 0.4) is 0 Å². The van der Waals surface area contributed by atoms with Gasteiger partial charge in [0.1, 0.15) is 17.2 Å². The summed E-state index contributed by atoms with van der Waals surface area (Å²) >= 11 is 0. The highest BCUT2D eigenvalue weighted by atomic mass is 16.3. The molecule has 4 rings (SSSR count). The number of hydrogen-bond donors (Lipinski definition) is 3. The van der Waals surface area contributed by atoms with Gasteiger partial charge >= 0.3 is 0 Å². The Bertz CT molecular complexity index is 1450. The summed E-state index contributed by atoms with van der Waals surface area (Å²) in [7, 11) is 0. The van der Waals surface area contributed by atoms with Crippen molar-refractivity contribution >= 4 is 0 Å². The van der Waals surface area contributed by atoms with Crippen LogP contribution in [0, 0.1) is 41.5 Å². The Labute approximate surface area is 310 Å². The third-order valence-corrected chi connectivity index (χ3v) is 12.4. The standard InChI is InChI=1S/C45H69N3O3/c1-13-34(14-2)37-19-28(7)40(31(10)43(37)49)22-46-25-47(23-41-29(8)20-38(35(15-3)16-4)44(50)32(41)11)27-48(26-46)24-42-30(9)21-39(36(17-5)18-6)45(51)33(42)12/h19-21,34-36,49-51H,13-18,22-27H2,1-12H3. The smallest absolute Gasteiger partial charge is 0.122 e. The van der Waals surface area contributed by atoms with Gasteiger partial charge in [-0.3, -0.25) is 14.7 Å². The minimum Gasteiger partial charge on any atom is -0.507 e. The molecular weight excluding hydrogens is 631 g/mol. The lowest BCUT2D eigenvalue weighted by atomic mass is 9.87. The van der Waals surface area contributed by atoms with Crippen molar-refractivity contribution in [1.29, 1.82) is 0 Å². The fraction of sp³-hybridized carbons (Fsp3) is 0.600. The van der Waals surface area contributed by atoms with E-state index in [-0.39, 0.29) is 0 Å². The number of phenols is 3. The van der Waals surface area contributed by atoms with Gasteiger partial charge in [0.2, 0.25) is 0 Å². The molecule has 51 heavy (non-hydrogen) atoms. The second-order valence-corrected chi connectivity index (χ2v) is 15.7. The molecule has 0 amide bonds. The van der Waals surface area contributed by atoms with E-state index in [0.29, 0.717) is 35.0 Å². The SMILES string of the molecule is CCC(CC)c1cc(C)c(CN2CN(Cc3c(C)cc(C(CC)CC)c(O)c3C)CN(Cc3c(C)cc(C(CC)CC)c(O)c3C)C2)c(C)c1O. The van der Waals surface area contributed by atoms with Crippen LogP contribution < -0.4 is 0 Å². The summed E-state index contributed by atoms with van der Waals surface area (Å²) in [5, 5.41) is 34.3. The highest BCUT2D eigenvalue weighted by Crippen LogP contribution is 2.40. The molecule has 0 radical (unpaired) electrons. The molecule has 6 heteroatoms. The fourth-order valence-electron chi connectivity index (χ4n) is 8.93. The summed E-state index contributed by atoms with van der Waals surface area (Å²) in [4.78, 5) is 7.46. The topological polar surface area (TPSA) is 70.4 Å². The number of aryl methyl sites for hydroxylation is 3. The molecule has 282 valence electrons. The summed E-state index contributed by atoms with van der Waals surface area (Å²) in [6.45, 7) is 30.6. The van der Waals surface area contributed by atoms with E-state index >= 15 is 0 Å². The maximum Gasteiger partial charge on any atom is 0.122 e. The van der Waals surface area contributed by atoms with Crippen LogP contribution in [0.25, 0.3) is 0 Å². The van der Waals surface area contributed by atoms with Gasteiger partial charge in [0.15, 0.2) is 0 Å². The quantitative estimate of drug-likeness (QED) is 0.147. The molecule has 0 bridgehead atoms. The van der Waals surface area contributed by atoms with Crippen LogP contribution in [0.4, 0.5) is 0 Å². The largest absolute Gasteiger partial charge is 0.507 e. The second-order valence-electron chi connectivity index (χ2n) is 15.7. The van der Waals surface area contributed by atoms with Gasteiger partial charge in [0.05, 0.1) is 20.0 Å². The molecule has 0 saturated carbocycles. The maximum atomic E-state index is 11.4. The van der Waals surface area contributed by atoms with Crippen LogP contribution in [0.1, 0.15) is 165 Å². The molecule has 0 spiro atoms. The number of hydrogen-bond acceptors (Lipinski definition) is 6. The van der Waals surface area contributed by atoms with E-state index in [1.807, 2.05) is 0 Å². The molecule has 0 aromatic heterocycles. The van der Waals surface area contributed by atoms with Crippen molar-refractivity contribution in [3.8, 4) is 17.2 Å². The lowest BCUT2D eigenvalue weighted by Gasteiger charge is -2.43. The lowest BCUT2D eigenvalue weighted by Crippen LogP contribution is -2.54. The van der Waals surface area contributed by atoms with Crippen molar-refractivity contribution in [3.05, 3.63) is 85.0 Å².